The van der Waals surface area contributed by atoms with Crippen LogP contribution in [-0.2, 0) is 9.47 Å². The van der Waals surface area contributed by atoms with Gasteiger partial charge in [0.25, 0.3) is 0 Å². The van der Waals surface area contributed by atoms with Gasteiger partial charge in [0.05, 0.1) is 18.2 Å². The number of methoxy groups -OCH3 is 2. The molecule has 0 amide bonds. The Labute approximate surface area is 123 Å². The summed E-state index contributed by atoms with van der Waals surface area (Å²) in [4.78, 5) is 2.09. The molecule has 20 heavy (non-hydrogen) atoms. The van der Waals surface area contributed by atoms with Crippen LogP contribution in [0.2, 0.25) is 5.02 Å². The van der Waals surface area contributed by atoms with E-state index in [2.05, 4.69) is 10.1 Å². The van der Waals surface area contributed by atoms with Gasteiger partial charge < -0.3 is 25.3 Å². The number of ether oxygens (including phenoxy) is 2. The van der Waals surface area contributed by atoms with E-state index in [-0.39, 0.29) is 5.84 Å². The lowest BCUT2D eigenvalue weighted by atomic mass is 10.1. The Morgan fingerprint density at radius 1 is 1.30 bits per heavy atom. The van der Waals surface area contributed by atoms with E-state index in [0.29, 0.717) is 23.8 Å². The molecule has 112 valence electrons. The second-order valence-corrected chi connectivity index (χ2v) is 4.53. The van der Waals surface area contributed by atoms with E-state index in [1.165, 1.54) is 0 Å². The minimum absolute atomic E-state index is 0.0121. The molecule has 0 spiro atoms. The van der Waals surface area contributed by atoms with Crippen molar-refractivity contribution in [1.29, 1.82) is 0 Å². The summed E-state index contributed by atoms with van der Waals surface area (Å²) in [7, 11) is 3.31. The van der Waals surface area contributed by atoms with Crippen LogP contribution in [0.4, 0.5) is 5.69 Å². The van der Waals surface area contributed by atoms with Gasteiger partial charge in [0.15, 0.2) is 5.84 Å². The van der Waals surface area contributed by atoms with Gasteiger partial charge in [-0.25, -0.2) is 0 Å². The molecule has 0 aromatic heterocycles. The highest BCUT2D eigenvalue weighted by molar-refractivity contribution is 6.34. The first-order valence-corrected chi connectivity index (χ1v) is 6.52. The maximum Gasteiger partial charge on any atom is 0.171 e. The van der Waals surface area contributed by atoms with E-state index in [9.17, 15) is 0 Å². The summed E-state index contributed by atoms with van der Waals surface area (Å²) in [5.41, 5.74) is 6.97. The quantitative estimate of drug-likeness (QED) is 0.329. The molecule has 6 nitrogen and oxygen atoms in total. The van der Waals surface area contributed by atoms with Crippen molar-refractivity contribution in [2.24, 2.45) is 10.9 Å². The van der Waals surface area contributed by atoms with Crippen LogP contribution in [0.5, 0.6) is 0 Å². The van der Waals surface area contributed by atoms with Crippen LogP contribution < -0.4 is 10.6 Å². The minimum Gasteiger partial charge on any atom is -0.409 e. The van der Waals surface area contributed by atoms with Crippen LogP contribution in [0, 0.1) is 0 Å². The van der Waals surface area contributed by atoms with Crippen LogP contribution in [-0.4, -0.2) is 51.6 Å². The molecule has 0 atom stereocenters. The zero-order valence-electron chi connectivity index (χ0n) is 11.7. The number of benzene rings is 1. The first-order chi connectivity index (χ1) is 9.63. The molecule has 0 aliphatic carbocycles. The number of rotatable bonds is 8. The molecular weight excluding hydrogens is 282 g/mol. The van der Waals surface area contributed by atoms with Gasteiger partial charge in [-0.3, -0.25) is 0 Å². The van der Waals surface area contributed by atoms with Crippen molar-refractivity contribution in [3.63, 3.8) is 0 Å². The van der Waals surface area contributed by atoms with Crippen molar-refractivity contribution < 1.29 is 14.7 Å². The van der Waals surface area contributed by atoms with Crippen LogP contribution in [0.15, 0.2) is 23.4 Å². The summed E-state index contributed by atoms with van der Waals surface area (Å²) < 4.78 is 10.2. The summed E-state index contributed by atoms with van der Waals surface area (Å²) in [6.45, 7) is 2.64. The van der Waals surface area contributed by atoms with E-state index >= 15 is 0 Å². The van der Waals surface area contributed by atoms with Gasteiger partial charge in [-0.1, -0.05) is 16.8 Å². The minimum atomic E-state index is -0.0121. The predicted octanol–water partition coefficient (Wildman–Crippen LogP) is 1.53. The highest BCUT2D eigenvalue weighted by Crippen LogP contribution is 2.23. The molecule has 0 saturated heterocycles. The number of anilines is 1. The molecule has 0 unspecified atom stereocenters. The molecule has 0 aliphatic heterocycles. The molecule has 3 N–H and O–H groups in total. The fourth-order valence-electron chi connectivity index (χ4n) is 1.74. The van der Waals surface area contributed by atoms with Gasteiger partial charge in [-0.15, -0.1) is 0 Å². The fraction of sp³-hybridized carbons (Fsp3) is 0.462. The number of hydrogen-bond acceptors (Lipinski definition) is 5. The molecule has 0 fully saturated rings. The van der Waals surface area contributed by atoms with Gasteiger partial charge >= 0.3 is 0 Å². The van der Waals surface area contributed by atoms with Crippen molar-refractivity contribution in [2.75, 3.05) is 45.4 Å². The van der Waals surface area contributed by atoms with Crippen molar-refractivity contribution in [2.45, 2.75) is 0 Å². The van der Waals surface area contributed by atoms with E-state index in [4.69, 9.17) is 32.0 Å². The van der Waals surface area contributed by atoms with Gasteiger partial charge in [-0.2, -0.15) is 0 Å². The number of halogens is 1. The Hall–Kier alpha value is -1.50. The number of nitrogens with two attached hydrogens (primary N) is 1. The second kappa shape index (κ2) is 8.63. The molecule has 0 bridgehead atoms. The Morgan fingerprint density at radius 2 is 1.90 bits per heavy atom. The Kier molecular flexibility index (Phi) is 7.14. The predicted molar refractivity (Wildman–Crippen MR) is 79.9 cm³/mol. The third kappa shape index (κ3) is 4.56. The SMILES string of the molecule is COCCN(CCOC)c1ccc(C(N)=NO)c(Cl)c1. The van der Waals surface area contributed by atoms with E-state index in [1.54, 1.807) is 26.4 Å². The molecule has 0 radical (unpaired) electrons. The zero-order chi connectivity index (χ0) is 15.0. The molecule has 7 heteroatoms. The van der Waals surface area contributed by atoms with E-state index < -0.39 is 0 Å². The Morgan fingerprint density at radius 3 is 2.35 bits per heavy atom. The maximum atomic E-state index is 8.68. The van der Waals surface area contributed by atoms with Crippen LogP contribution in [0.25, 0.3) is 0 Å². The lowest BCUT2D eigenvalue weighted by Gasteiger charge is -2.24. The van der Waals surface area contributed by atoms with Crippen molar-refractivity contribution in [3.05, 3.63) is 28.8 Å². The normalized spacial score (nSPS) is 11.7. The van der Waals surface area contributed by atoms with Crippen LogP contribution in [0.3, 0.4) is 0 Å². The zero-order valence-corrected chi connectivity index (χ0v) is 12.4. The highest BCUT2D eigenvalue weighted by atomic mass is 35.5. The monoisotopic (exact) mass is 301 g/mol. The van der Waals surface area contributed by atoms with Crippen LogP contribution >= 0.6 is 11.6 Å². The molecule has 0 heterocycles. The molecular formula is C13H20ClN3O3. The molecule has 0 saturated carbocycles. The summed E-state index contributed by atoms with van der Waals surface area (Å²) in [6, 6.07) is 5.37. The summed E-state index contributed by atoms with van der Waals surface area (Å²) in [5, 5.41) is 12.1. The maximum absolute atomic E-state index is 8.68. The molecule has 1 aromatic rings. The second-order valence-electron chi connectivity index (χ2n) is 4.12. The first kappa shape index (κ1) is 16.6. The summed E-state index contributed by atoms with van der Waals surface area (Å²) in [5.74, 6) is -0.0121. The van der Waals surface area contributed by atoms with E-state index in [1.807, 2.05) is 6.07 Å². The lowest BCUT2D eigenvalue weighted by molar-refractivity contribution is 0.190. The third-order valence-corrected chi connectivity index (χ3v) is 3.14. The molecule has 1 rings (SSSR count). The average Bonchev–Trinajstić information content (AvgIpc) is 2.46. The standard InChI is InChI=1S/C13H20ClN3O3/c1-19-7-5-17(6-8-20-2)10-3-4-11(12(14)9-10)13(15)16-18/h3-4,9,18H,5-8H2,1-2H3,(H2,15,16). The largest absolute Gasteiger partial charge is 0.409 e. The smallest absolute Gasteiger partial charge is 0.171 e. The Balaban J connectivity index is 2.93. The topological polar surface area (TPSA) is 80.3 Å². The summed E-state index contributed by atoms with van der Waals surface area (Å²) in [6.07, 6.45) is 0. The number of hydrogen-bond donors (Lipinski definition) is 2. The van der Waals surface area contributed by atoms with Gasteiger partial charge in [-0.05, 0) is 18.2 Å². The van der Waals surface area contributed by atoms with Gasteiger partial charge in [0, 0.05) is 38.6 Å². The third-order valence-electron chi connectivity index (χ3n) is 2.83. The van der Waals surface area contributed by atoms with E-state index in [0.717, 1.165) is 18.8 Å². The fourth-order valence-corrected chi connectivity index (χ4v) is 2.01. The highest BCUT2D eigenvalue weighted by Gasteiger charge is 2.11. The van der Waals surface area contributed by atoms with Gasteiger partial charge in [0.1, 0.15) is 0 Å². The number of oxime groups is 1. The molecule has 1 aromatic carbocycles. The summed E-state index contributed by atoms with van der Waals surface area (Å²) >= 11 is 6.15. The van der Waals surface area contributed by atoms with Crippen molar-refractivity contribution in [1.82, 2.24) is 0 Å². The van der Waals surface area contributed by atoms with Crippen molar-refractivity contribution >= 4 is 23.1 Å². The molecule has 0 aliphatic rings. The number of amidine groups is 1. The lowest BCUT2D eigenvalue weighted by Crippen LogP contribution is -2.30. The first-order valence-electron chi connectivity index (χ1n) is 6.14. The average molecular weight is 302 g/mol. The van der Waals surface area contributed by atoms with Crippen LogP contribution in [0.1, 0.15) is 5.56 Å². The Bertz CT molecular complexity index is 446. The number of nitrogens with zero attached hydrogens (tertiary/aromatic N) is 2. The van der Waals surface area contributed by atoms with Gasteiger partial charge in [0.2, 0.25) is 0 Å². The van der Waals surface area contributed by atoms with Crippen molar-refractivity contribution in [3.8, 4) is 0 Å².